The van der Waals surface area contributed by atoms with Gasteiger partial charge in [0, 0.05) is 26.8 Å². The van der Waals surface area contributed by atoms with Gasteiger partial charge >= 0.3 is 0 Å². The maximum Gasteiger partial charge on any atom is 0.185 e. The average molecular weight is 212 g/mol. The topological polar surface area (TPSA) is 53.4 Å². The molecular formula is C10H16N2O3. The van der Waals surface area contributed by atoms with E-state index in [9.17, 15) is 4.79 Å². The third-order valence-electron chi connectivity index (χ3n) is 1.90. The summed E-state index contributed by atoms with van der Waals surface area (Å²) in [6.07, 6.45) is 2.11. The quantitative estimate of drug-likeness (QED) is 0.492. The molecule has 0 aromatic carbocycles. The van der Waals surface area contributed by atoms with Gasteiger partial charge in [-0.25, -0.2) is 0 Å². The smallest absolute Gasteiger partial charge is 0.185 e. The Balaban J connectivity index is 2.19. The number of hydrogen-bond acceptors (Lipinski definition) is 4. The molecule has 5 heteroatoms. The van der Waals surface area contributed by atoms with Crippen molar-refractivity contribution in [3.05, 3.63) is 18.0 Å². The molecule has 0 bridgehead atoms. The van der Waals surface area contributed by atoms with Gasteiger partial charge in [0.2, 0.25) is 0 Å². The zero-order valence-electron chi connectivity index (χ0n) is 9.10. The second kappa shape index (κ2) is 6.31. The molecule has 5 nitrogen and oxygen atoms in total. The van der Waals surface area contributed by atoms with Crippen LogP contribution in [0.2, 0.25) is 0 Å². The maximum atomic E-state index is 11.5. The van der Waals surface area contributed by atoms with Crippen molar-refractivity contribution in [3.8, 4) is 0 Å². The Labute approximate surface area is 89.0 Å². The summed E-state index contributed by atoms with van der Waals surface area (Å²) in [4.78, 5) is 11.5. The second-order valence-electron chi connectivity index (χ2n) is 3.15. The van der Waals surface area contributed by atoms with Crippen LogP contribution in [0.3, 0.4) is 0 Å². The Kier molecular flexibility index (Phi) is 5.00. The fraction of sp³-hybridized carbons (Fsp3) is 0.600. The molecule has 0 aliphatic rings. The Morgan fingerprint density at radius 2 is 2.27 bits per heavy atom. The summed E-state index contributed by atoms with van der Waals surface area (Å²) in [5.74, 6) is 0.00742. The number of rotatable bonds is 7. The molecule has 1 aromatic rings. The van der Waals surface area contributed by atoms with E-state index in [-0.39, 0.29) is 5.78 Å². The molecule has 0 amide bonds. The van der Waals surface area contributed by atoms with E-state index in [1.54, 1.807) is 31.1 Å². The van der Waals surface area contributed by atoms with Crippen molar-refractivity contribution in [1.29, 1.82) is 0 Å². The zero-order valence-corrected chi connectivity index (χ0v) is 9.10. The standard InChI is InChI=1S/C10H16N2O3/c1-12-5-3-9(11-12)10(13)4-6-15-8-7-14-2/h3,5H,4,6-8H2,1-2H3. The van der Waals surface area contributed by atoms with E-state index in [1.807, 2.05) is 0 Å². The average Bonchev–Trinajstić information content (AvgIpc) is 2.64. The van der Waals surface area contributed by atoms with Gasteiger partial charge in [-0.15, -0.1) is 0 Å². The molecule has 15 heavy (non-hydrogen) atoms. The van der Waals surface area contributed by atoms with Crippen LogP contribution in [-0.4, -0.2) is 42.5 Å². The summed E-state index contributed by atoms with van der Waals surface area (Å²) >= 11 is 0. The zero-order chi connectivity index (χ0) is 11.1. The molecule has 0 saturated carbocycles. The first-order valence-corrected chi connectivity index (χ1v) is 4.83. The van der Waals surface area contributed by atoms with E-state index in [0.717, 1.165) is 0 Å². The molecule has 0 spiro atoms. The summed E-state index contributed by atoms with van der Waals surface area (Å²) < 4.78 is 11.6. The summed E-state index contributed by atoms with van der Waals surface area (Å²) in [5.41, 5.74) is 0.493. The SMILES string of the molecule is COCCOCCC(=O)c1ccn(C)n1. The first kappa shape index (κ1) is 11.9. The highest BCUT2D eigenvalue weighted by Crippen LogP contribution is 1.99. The first-order valence-electron chi connectivity index (χ1n) is 4.83. The Bertz CT molecular complexity index is 309. The van der Waals surface area contributed by atoms with Crippen LogP contribution < -0.4 is 0 Å². The van der Waals surface area contributed by atoms with Gasteiger partial charge < -0.3 is 9.47 Å². The second-order valence-corrected chi connectivity index (χ2v) is 3.15. The Hall–Kier alpha value is -1.20. The predicted molar refractivity (Wildman–Crippen MR) is 54.9 cm³/mol. The number of nitrogens with zero attached hydrogens (tertiary/aromatic N) is 2. The number of carbonyl (C=O) groups is 1. The van der Waals surface area contributed by atoms with Crippen molar-refractivity contribution in [3.63, 3.8) is 0 Å². The van der Waals surface area contributed by atoms with Crippen molar-refractivity contribution in [2.75, 3.05) is 26.9 Å². The van der Waals surface area contributed by atoms with Crippen LogP contribution >= 0.6 is 0 Å². The van der Waals surface area contributed by atoms with Crippen molar-refractivity contribution >= 4 is 5.78 Å². The van der Waals surface area contributed by atoms with Crippen LogP contribution in [0.15, 0.2) is 12.3 Å². The number of ether oxygens (including phenoxy) is 2. The van der Waals surface area contributed by atoms with Gasteiger partial charge in [-0.3, -0.25) is 9.48 Å². The van der Waals surface area contributed by atoms with Crippen molar-refractivity contribution in [2.24, 2.45) is 7.05 Å². The normalized spacial score (nSPS) is 10.5. The Morgan fingerprint density at radius 3 is 2.87 bits per heavy atom. The van der Waals surface area contributed by atoms with E-state index in [0.29, 0.717) is 31.9 Å². The summed E-state index contributed by atoms with van der Waals surface area (Å²) in [5, 5.41) is 4.01. The van der Waals surface area contributed by atoms with Gasteiger partial charge in [-0.2, -0.15) is 5.10 Å². The van der Waals surface area contributed by atoms with Crippen LogP contribution in [0.25, 0.3) is 0 Å². The monoisotopic (exact) mass is 212 g/mol. The largest absolute Gasteiger partial charge is 0.382 e. The lowest BCUT2D eigenvalue weighted by Crippen LogP contribution is -2.08. The fourth-order valence-corrected chi connectivity index (χ4v) is 1.10. The lowest BCUT2D eigenvalue weighted by molar-refractivity contribution is 0.0639. The molecule has 0 N–H and O–H groups in total. The fourth-order valence-electron chi connectivity index (χ4n) is 1.10. The van der Waals surface area contributed by atoms with Crippen LogP contribution in [0.4, 0.5) is 0 Å². The summed E-state index contributed by atoms with van der Waals surface area (Å²) in [7, 11) is 3.40. The number of Topliss-reactive ketones (excluding diaryl/α,β-unsaturated/α-hetero) is 1. The molecule has 0 radical (unpaired) electrons. The van der Waals surface area contributed by atoms with E-state index in [1.165, 1.54) is 0 Å². The van der Waals surface area contributed by atoms with Crippen molar-refractivity contribution < 1.29 is 14.3 Å². The highest BCUT2D eigenvalue weighted by atomic mass is 16.5. The van der Waals surface area contributed by atoms with E-state index >= 15 is 0 Å². The van der Waals surface area contributed by atoms with Crippen LogP contribution in [0, 0.1) is 0 Å². The van der Waals surface area contributed by atoms with E-state index in [2.05, 4.69) is 5.10 Å². The molecule has 0 aliphatic heterocycles. The third-order valence-corrected chi connectivity index (χ3v) is 1.90. The summed E-state index contributed by atoms with van der Waals surface area (Å²) in [6, 6.07) is 1.71. The highest BCUT2D eigenvalue weighted by molar-refractivity contribution is 5.94. The molecule has 0 atom stereocenters. The third kappa shape index (κ3) is 4.22. The van der Waals surface area contributed by atoms with Gasteiger partial charge in [-0.05, 0) is 6.07 Å². The lowest BCUT2D eigenvalue weighted by Gasteiger charge is -2.01. The van der Waals surface area contributed by atoms with Crippen molar-refractivity contribution in [1.82, 2.24) is 9.78 Å². The minimum absolute atomic E-state index is 0.00742. The minimum atomic E-state index is 0.00742. The summed E-state index contributed by atoms with van der Waals surface area (Å²) in [6.45, 7) is 1.49. The molecule has 1 rings (SSSR count). The van der Waals surface area contributed by atoms with Crippen molar-refractivity contribution in [2.45, 2.75) is 6.42 Å². The Morgan fingerprint density at radius 1 is 1.47 bits per heavy atom. The predicted octanol–water partition coefficient (Wildman–Crippen LogP) is 0.656. The minimum Gasteiger partial charge on any atom is -0.382 e. The van der Waals surface area contributed by atoms with Gasteiger partial charge in [-0.1, -0.05) is 0 Å². The number of carbonyl (C=O) groups excluding carboxylic acids is 1. The molecular weight excluding hydrogens is 196 g/mol. The van der Waals surface area contributed by atoms with E-state index < -0.39 is 0 Å². The molecule has 0 saturated heterocycles. The van der Waals surface area contributed by atoms with Gasteiger partial charge in [0.05, 0.1) is 19.8 Å². The molecule has 0 aliphatic carbocycles. The number of aryl methyl sites for hydroxylation is 1. The molecule has 1 heterocycles. The number of ketones is 1. The molecule has 1 aromatic heterocycles. The molecule has 0 fully saturated rings. The van der Waals surface area contributed by atoms with Gasteiger partial charge in [0.15, 0.2) is 5.78 Å². The van der Waals surface area contributed by atoms with Gasteiger partial charge in [0.25, 0.3) is 0 Å². The van der Waals surface area contributed by atoms with Gasteiger partial charge in [0.1, 0.15) is 5.69 Å². The maximum absolute atomic E-state index is 11.5. The lowest BCUT2D eigenvalue weighted by atomic mass is 10.2. The number of methoxy groups -OCH3 is 1. The van der Waals surface area contributed by atoms with Crippen LogP contribution in [0.5, 0.6) is 0 Å². The highest BCUT2D eigenvalue weighted by Gasteiger charge is 2.07. The van der Waals surface area contributed by atoms with E-state index in [4.69, 9.17) is 9.47 Å². The number of hydrogen-bond donors (Lipinski definition) is 0. The first-order chi connectivity index (χ1) is 7.24. The van der Waals surface area contributed by atoms with Crippen LogP contribution in [-0.2, 0) is 16.5 Å². The molecule has 0 unspecified atom stereocenters. The van der Waals surface area contributed by atoms with Crippen LogP contribution in [0.1, 0.15) is 16.9 Å². The molecule has 84 valence electrons. The number of aromatic nitrogens is 2.